The summed E-state index contributed by atoms with van der Waals surface area (Å²) in [6.45, 7) is 10.6. The van der Waals surface area contributed by atoms with Gasteiger partial charge in [0, 0.05) is 5.57 Å². The van der Waals surface area contributed by atoms with E-state index in [1.54, 1.807) is 6.92 Å². The molecule has 2 fully saturated rings. The first-order valence-electron chi connectivity index (χ1n) is 8.60. The Hall–Kier alpha value is -1.65. The average Bonchev–Trinajstić information content (AvgIpc) is 2.33. The molecule has 134 valence electrons. The number of Topliss-reactive ketones (excluding diaryl/α,β-unsaturated/α-hetero) is 1. The molecule has 0 radical (unpaired) electrons. The van der Waals surface area contributed by atoms with Gasteiger partial charge in [0.25, 0.3) is 0 Å². The van der Waals surface area contributed by atoms with Crippen LogP contribution in [0.1, 0.15) is 66.2 Å². The highest BCUT2D eigenvalue weighted by Crippen LogP contribution is 2.50. The Morgan fingerprint density at radius 3 is 1.83 bits per heavy atom. The van der Waals surface area contributed by atoms with Crippen molar-refractivity contribution in [3.05, 3.63) is 12.2 Å². The van der Waals surface area contributed by atoms with Gasteiger partial charge in [-0.15, -0.1) is 0 Å². The SMILES string of the molecule is C=C(C)C(=O)OC1(C)CC2CC(CC(C)(OC(=O)CC(C)=O)C2)C1. The van der Waals surface area contributed by atoms with E-state index in [0.717, 1.165) is 32.1 Å². The molecule has 24 heavy (non-hydrogen) atoms. The van der Waals surface area contributed by atoms with Crippen LogP contribution in [0.3, 0.4) is 0 Å². The fourth-order valence-electron chi connectivity index (χ4n) is 4.55. The van der Waals surface area contributed by atoms with Crippen LogP contribution in [0.25, 0.3) is 0 Å². The van der Waals surface area contributed by atoms with E-state index in [1.807, 2.05) is 13.8 Å². The number of carbonyl (C=O) groups is 3. The van der Waals surface area contributed by atoms with E-state index >= 15 is 0 Å². The monoisotopic (exact) mass is 336 g/mol. The minimum Gasteiger partial charge on any atom is -0.459 e. The summed E-state index contributed by atoms with van der Waals surface area (Å²) in [4.78, 5) is 34.8. The molecule has 0 aromatic heterocycles. The van der Waals surface area contributed by atoms with Gasteiger partial charge in [0.1, 0.15) is 23.4 Å². The van der Waals surface area contributed by atoms with E-state index in [4.69, 9.17) is 9.47 Å². The first kappa shape index (κ1) is 18.7. The van der Waals surface area contributed by atoms with Crippen molar-refractivity contribution in [2.75, 3.05) is 0 Å². The molecule has 2 aliphatic carbocycles. The minimum atomic E-state index is -0.528. The van der Waals surface area contributed by atoms with Gasteiger partial charge >= 0.3 is 11.9 Å². The van der Waals surface area contributed by atoms with Crippen molar-refractivity contribution in [3.8, 4) is 0 Å². The molecule has 0 aromatic carbocycles. The Morgan fingerprint density at radius 2 is 1.42 bits per heavy atom. The van der Waals surface area contributed by atoms with Gasteiger partial charge in [-0.1, -0.05) is 6.58 Å². The highest BCUT2D eigenvalue weighted by Gasteiger charge is 2.49. The van der Waals surface area contributed by atoms with Crippen LogP contribution in [0.5, 0.6) is 0 Å². The van der Waals surface area contributed by atoms with Crippen LogP contribution in [0.15, 0.2) is 12.2 Å². The Morgan fingerprint density at radius 1 is 0.958 bits per heavy atom. The minimum absolute atomic E-state index is 0.168. The quantitative estimate of drug-likeness (QED) is 0.437. The summed E-state index contributed by atoms with van der Waals surface area (Å²) in [7, 11) is 0. The fraction of sp³-hybridized carbons (Fsp3) is 0.737. The van der Waals surface area contributed by atoms with Crippen LogP contribution in [0.4, 0.5) is 0 Å². The number of hydrogen-bond donors (Lipinski definition) is 0. The second-order valence-electron chi connectivity index (χ2n) is 8.21. The molecule has 0 heterocycles. The number of esters is 2. The molecular formula is C19H28O5. The van der Waals surface area contributed by atoms with Crippen LogP contribution in [-0.2, 0) is 23.9 Å². The molecule has 2 aliphatic rings. The lowest BCUT2D eigenvalue weighted by atomic mass is 9.62. The summed E-state index contributed by atoms with van der Waals surface area (Å²) in [6, 6.07) is 0. The van der Waals surface area contributed by atoms with E-state index < -0.39 is 17.2 Å². The van der Waals surface area contributed by atoms with Crippen molar-refractivity contribution < 1.29 is 23.9 Å². The van der Waals surface area contributed by atoms with Gasteiger partial charge in [0.05, 0.1) is 0 Å². The highest BCUT2D eigenvalue weighted by molar-refractivity contribution is 5.94. The molecule has 0 saturated heterocycles. The lowest BCUT2D eigenvalue weighted by molar-refractivity contribution is -0.177. The van der Waals surface area contributed by atoms with E-state index in [2.05, 4.69) is 6.58 Å². The highest BCUT2D eigenvalue weighted by atomic mass is 16.6. The van der Waals surface area contributed by atoms with Crippen LogP contribution < -0.4 is 0 Å². The maximum absolute atomic E-state index is 11.9. The molecule has 0 spiro atoms. The van der Waals surface area contributed by atoms with Gasteiger partial charge in [0.15, 0.2) is 0 Å². The van der Waals surface area contributed by atoms with Gasteiger partial charge in [-0.3, -0.25) is 9.59 Å². The molecule has 5 heteroatoms. The van der Waals surface area contributed by atoms with Crippen molar-refractivity contribution >= 4 is 17.7 Å². The number of ether oxygens (including phenoxy) is 2. The first-order chi connectivity index (χ1) is 11.0. The first-order valence-corrected chi connectivity index (χ1v) is 8.60. The average molecular weight is 336 g/mol. The van der Waals surface area contributed by atoms with Gasteiger partial charge in [0.2, 0.25) is 0 Å². The largest absolute Gasteiger partial charge is 0.459 e. The second-order valence-corrected chi connectivity index (χ2v) is 8.21. The molecule has 2 unspecified atom stereocenters. The Kier molecular flexibility index (Phi) is 5.21. The van der Waals surface area contributed by atoms with Crippen molar-refractivity contribution in [2.45, 2.75) is 77.4 Å². The maximum Gasteiger partial charge on any atom is 0.333 e. The fourth-order valence-corrected chi connectivity index (χ4v) is 4.55. The number of rotatable bonds is 5. The predicted octanol–water partition coefficient (Wildman–Crippen LogP) is 3.36. The Labute approximate surface area is 143 Å². The zero-order valence-corrected chi connectivity index (χ0v) is 15.1. The normalized spacial score (nSPS) is 35.0. The van der Waals surface area contributed by atoms with E-state index in [1.165, 1.54) is 6.92 Å². The van der Waals surface area contributed by atoms with Crippen LogP contribution in [0.2, 0.25) is 0 Å². The maximum atomic E-state index is 11.9. The summed E-state index contributed by atoms with van der Waals surface area (Å²) < 4.78 is 11.3. The molecule has 2 saturated carbocycles. The number of ketones is 1. The van der Waals surface area contributed by atoms with Crippen LogP contribution in [-0.4, -0.2) is 28.9 Å². The number of carbonyl (C=O) groups excluding carboxylic acids is 3. The molecule has 2 bridgehead atoms. The van der Waals surface area contributed by atoms with E-state index in [-0.39, 0.29) is 18.2 Å². The smallest absolute Gasteiger partial charge is 0.333 e. The second kappa shape index (κ2) is 6.69. The zero-order valence-electron chi connectivity index (χ0n) is 15.1. The zero-order chi connectivity index (χ0) is 18.1. The summed E-state index contributed by atoms with van der Waals surface area (Å²) in [5, 5.41) is 0. The number of fused-ring (bicyclic) bond motifs is 2. The summed E-state index contributed by atoms with van der Waals surface area (Å²) in [5.41, 5.74) is -0.594. The number of hydrogen-bond acceptors (Lipinski definition) is 5. The summed E-state index contributed by atoms with van der Waals surface area (Å²) in [6.07, 6.45) is 3.92. The molecule has 2 atom stereocenters. The van der Waals surface area contributed by atoms with Crippen LogP contribution in [0, 0.1) is 11.8 Å². The van der Waals surface area contributed by atoms with E-state index in [9.17, 15) is 14.4 Å². The van der Waals surface area contributed by atoms with Crippen molar-refractivity contribution in [1.29, 1.82) is 0 Å². The van der Waals surface area contributed by atoms with Gasteiger partial charge < -0.3 is 9.47 Å². The molecule has 0 aromatic rings. The van der Waals surface area contributed by atoms with Crippen molar-refractivity contribution in [1.82, 2.24) is 0 Å². The Bertz CT molecular complexity index is 548. The summed E-state index contributed by atoms with van der Waals surface area (Å²) >= 11 is 0. The van der Waals surface area contributed by atoms with Crippen molar-refractivity contribution in [2.24, 2.45) is 11.8 Å². The predicted molar refractivity (Wildman–Crippen MR) is 89.2 cm³/mol. The lowest BCUT2D eigenvalue weighted by Gasteiger charge is -2.50. The third-order valence-corrected chi connectivity index (χ3v) is 4.99. The van der Waals surface area contributed by atoms with Gasteiger partial charge in [-0.2, -0.15) is 0 Å². The van der Waals surface area contributed by atoms with Crippen molar-refractivity contribution in [3.63, 3.8) is 0 Å². The molecule has 0 amide bonds. The van der Waals surface area contributed by atoms with E-state index in [0.29, 0.717) is 17.4 Å². The summed E-state index contributed by atoms with van der Waals surface area (Å²) in [5.74, 6) is -0.278. The topological polar surface area (TPSA) is 69.7 Å². The molecule has 0 aliphatic heterocycles. The standard InChI is InChI=1S/C19H28O5/c1-12(2)17(22)24-19(5)10-14-7-15(11-19)9-18(4,8-14)23-16(21)6-13(3)20/h14-15H,1,6-11H2,2-5H3. The van der Waals surface area contributed by atoms with Gasteiger partial charge in [-0.25, -0.2) is 4.79 Å². The van der Waals surface area contributed by atoms with Gasteiger partial charge in [-0.05, 0) is 71.6 Å². The Balaban J connectivity index is 2.01. The molecule has 0 N–H and O–H groups in total. The third kappa shape index (κ3) is 4.68. The molecule has 5 nitrogen and oxygen atoms in total. The molecule has 2 rings (SSSR count). The van der Waals surface area contributed by atoms with Crippen LogP contribution >= 0.6 is 0 Å². The third-order valence-electron chi connectivity index (χ3n) is 4.99. The lowest BCUT2D eigenvalue weighted by Crippen LogP contribution is -2.49. The molecular weight excluding hydrogens is 308 g/mol.